The maximum atomic E-state index is 12.9. The summed E-state index contributed by atoms with van der Waals surface area (Å²) in [7, 11) is -2.16. The van der Waals surface area contributed by atoms with E-state index in [0.29, 0.717) is 34.9 Å². The standard InChI is InChI=1S/C20H22N2O4S/c1-5-26-18-9-7-6-8-16(18)21-27(24,25)14-10-11-17-15(12-14)19(13(2)3)20(23)22(17)4/h6-12,21H,5H2,1-4H3. The third-order valence-electron chi connectivity index (χ3n) is 4.36. The van der Waals surface area contributed by atoms with Crippen LogP contribution in [0.2, 0.25) is 0 Å². The van der Waals surface area contributed by atoms with Crippen molar-refractivity contribution in [3.8, 4) is 5.75 Å². The second-order valence-electron chi connectivity index (χ2n) is 6.45. The van der Waals surface area contributed by atoms with Gasteiger partial charge in [0, 0.05) is 18.2 Å². The lowest BCUT2D eigenvalue weighted by Gasteiger charge is -2.14. The van der Waals surface area contributed by atoms with Gasteiger partial charge in [-0.25, -0.2) is 8.42 Å². The van der Waals surface area contributed by atoms with Crippen LogP contribution in [0, 0.1) is 0 Å². The molecular weight excluding hydrogens is 364 g/mol. The summed E-state index contributed by atoms with van der Waals surface area (Å²) >= 11 is 0. The van der Waals surface area contributed by atoms with Crippen molar-refractivity contribution >= 4 is 32.9 Å². The number of amides is 1. The molecule has 0 spiro atoms. The highest BCUT2D eigenvalue weighted by atomic mass is 32.2. The van der Waals surface area contributed by atoms with E-state index in [1.165, 1.54) is 11.0 Å². The van der Waals surface area contributed by atoms with E-state index in [9.17, 15) is 13.2 Å². The van der Waals surface area contributed by atoms with Crippen molar-refractivity contribution in [1.82, 2.24) is 0 Å². The molecule has 2 aromatic carbocycles. The molecule has 0 aromatic heterocycles. The normalized spacial score (nSPS) is 13.6. The Morgan fingerprint density at radius 3 is 2.52 bits per heavy atom. The molecule has 7 heteroatoms. The maximum Gasteiger partial charge on any atom is 0.262 e. The highest BCUT2D eigenvalue weighted by Gasteiger charge is 2.32. The van der Waals surface area contributed by atoms with E-state index in [-0.39, 0.29) is 10.8 Å². The van der Waals surface area contributed by atoms with Gasteiger partial charge < -0.3 is 9.64 Å². The quantitative estimate of drug-likeness (QED) is 0.796. The minimum atomic E-state index is -3.84. The highest BCUT2D eigenvalue weighted by Crippen LogP contribution is 2.39. The van der Waals surface area contributed by atoms with Gasteiger partial charge in [-0.2, -0.15) is 0 Å². The molecule has 6 nitrogen and oxygen atoms in total. The molecule has 0 saturated heterocycles. The summed E-state index contributed by atoms with van der Waals surface area (Å²) in [6, 6.07) is 11.6. The molecule has 0 saturated carbocycles. The molecule has 27 heavy (non-hydrogen) atoms. The Bertz CT molecular complexity index is 1040. The second-order valence-corrected chi connectivity index (χ2v) is 8.14. The number of hydrogen-bond acceptors (Lipinski definition) is 4. The largest absolute Gasteiger partial charge is 0.492 e. The molecule has 0 unspecified atom stereocenters. The van der Waals surface area contributed by atoms with Gasteiger partial charge in [-0.3, -0.25) is 9.52 Å². The fraction of sp³-hybridized carbons (Fsp3) is 0.250. The SMILES string of the molecule is CCOc1ccccc1NS(=O)(=O)c1ccc2c(c1)C(=C(C)C)C(=O)N2C. The smallest absolute Gasteiger partial charge is 0.262 e. The van der Waals surface area contributed by atoms with Gasteiger partial charge in [0.15, 0.2) is 0 Å². The van der Waals surface area contributed by atoms with E-state index < -0.39 is 10.0 Å². The number of benzene rings is 2. The zero-order valence-electron chi connectivity index (χ0n) is 15.7. The van der Waals surface area contributed by atoms with Gasteiger partial charge in [0.2, 0.25) is 0 Å². The van der Waals surface area contributed by atoms with Crippen molar-refractivity contribution in [2.45, 2.75) is 25.7 Å². The number of allylic oxidation sites excluding steroid dienone is 1. The zero-order valence-corrected chi connectivity index (χ0v) is 16.6. The predicted octanol–water partition coefficient (Wildman–Crippen LogP) is 3.66. The molecule has 0 fully saturated rings. The Balaban J connectivity index is 2.03. The van der Waals surface area contributed by atoms with Gasteiger partial charge in [-0.05, 0) is 51.1 Å². The van der Waals surface area contributed by atoms with E-state index in [2.05, 4.69) is 4.72 Å². The summed E-state index contributed by atoms with van der Waals surface area (Å²) in [5, 5.41) is 0. The summed E-state index contributed by atoms with van der Waals surface area (Å²) in [6.45, 7) is 5.94. The Morgan fingerprint density at radius 2 is 1.85 bits per heavy atom. The van der Waals surface area contributed by atoms with Crippen LogP contribution in [0.5, 0.6) is 5.75 Å². The van der Waals surface area contributed by atoms with Crippen LogP contribution in [0.4, 0.5) is 11.4 Å². The van der Waals surface area contributed by atoms with E-state index in [4.69, 9.17) is 4.74 Å². The number of ether oxygens (including phenoxy) is 1. The van der Waals surface area contributed by atoms with Gasteiger partial charge >= 0.3 is 0 Å². The Morgan fingerprint density at radius 1 is 1.15 bits per heavy atom. The number of carbonyl (C=O) groups is 1. The van der Waals surface area contributed by atoms with Crippen LogP contribution >= 0.6 is 0 Å². The minimum Gasteiger partial charge on any atom is -0.492 e. The Hall–Kier alpha value is -2.80. The lowest BCUT2D eigenvalue weighted by molar-refractivity contribution is -0.112. The van der Waals surface area contributed by atoms with Gasteiger partial charge in [-0.1, -0.05) is 17.7 Å². The van der Waals surface area contributed by atoms with E-state index >= 15 is 0 Å². The zero-order chi connectivity index (χ0) is 19.8. The molecule has 1 amide bonds. The average molecular weight is 386 g/mol. The third kappa shape index (κ3) is 3.42. The van der Waals surface area contributed by atoms with E-state index in [1.54, 1.807) is 43.4 Å². The molecule has 1 aliphatic rings. The van der Waals surface area contributed by atoms with Crippen molar-refractivity contribution < 1.29 is 17.9 Å². The van der Waals surface area contributed by atoms with Crippen LogP contribution in [0.15, 0.2) is 52.9 Å². The highest BCUT2D eigenvalue weighted by molar-refractivity contribution is 7.92. The van der Waals surface area contributed by atoms with Crippen LogP contribution in [-0.4, -0.2) is 28.0 Å². The predicted molar refractivity (Wildman–Crippen MR) is 107 cm³/mol. The fourth-order valence-electron chi connectivity index (χ4n) is 3.09. The van der Waals surface area contributed by atoms with Crippen LogP contribution in [0.3, 0.4) is 0 Å². The fourth-order valence-corrected chi connectivity index (χ4v) is 4.18. The number of anilines is 2. The molecule has 0 aliphatic carbocycles. The lowest BCUT2D eigenvalue weighted by atomic mass is 10.0. The number of sulfonamides is 1. The van der Waals surface area contributed by atoms with Crippen LogP contribution in [-0.2, 0) is 14.8 Å². The van der Waals surface area contributed by atoms with Crippen molar-refractivity contribution in [3.63, 3.8) is 0 Å². The molecule has 142 valence electrons. The average Bonchev–Trinajstić information content (AvgIpc) is 2.87. The number of nitrogens with zero attached hydrogens (tertiary/aromatic N) is 1. The summed E-state index contributed by atoms with van der Waals surface area (Å²) in [5.41, 5.74) is 3.08. The van der Waals surface area contributed by atoms with Gasteiger partial charge in [0.25, 0.3) is 15.9 Å². The van der Waals surface area contributed by atoms with Crippen molar-refractivity contribution in [2.75, 3.05) is 23.3 Å². The third-order valence-corrected chi connectivity index (χ3v) is 5.72. The number of fused-ring (bicyclic) bond motifs is 1. The Labute approximate surface area is 159 Å². The molecule has 3 rings (SSSR count). The van der Waals surface area contributed by atoms with Gasteiger partial charge in [-0.15, -0.1) is 0 Å². The van der Waals surface area contributed by atoms with Gasteiger partial charge in [0.05, 0.1) is 22.9 Å². The van der Waals surface area contributed by atoms with Crippen LogP contribution in [0.1, 0.15) is 26.3 Å². The number of nitrogens with one attached hydrogen (secondary N) is 1. The lowest BCUT2D eigenvalue weighted by Crippen LogP contribution is -2.20. The molecule has 0 atom stereocenters. The first-order chi connectivity index (χ1) is 12.8. The van der Waals surface area contributed by atoms with Crippen molar-refractivity contribution in [2.24, 2.45) is 0 Å². The first kappa shape index (κ1) is 19.0. The van der Waals surface area contributed by atoms with Crippen molar-refractivity contribution in [1.29, 1.82) is 0 Å². The molecule has 0 bridgehead atoms. The number of carbonyl (C=O) groups excluding carboxylic acids is 1. The molecule has 0 radical (unpaired) electrons. The number of likely N-dealkylation sites (N-methyl/N-ethyl adjacent to an activating group) is 1. The minimum absolute atomic E-state index is 0.0920. The summed E-state index contributed by atoms with van der Waals surface area (Å²) in [4.78, 5) is 14.1. The van der Waals surface area contributed by atoms with Crippen LogP contribution < -0.4 is 14.4 Å². The monoisotopic (exact) mass is 386 g/mol. The van der Waals surface area contributed by atoms with Gasteiger partial charge in [0.1, 0.15) is 5.75 Å². The first-order valence-electron chi connectivity index (χ1n) is 8.61. The summed E-state index contributed by atoms with van der Waals surface area (Å²) < 4.78 is 33.9. The summed E-state index contributed by atoms with van der Waals surface area (Å²) in [6.07, 6.45) is 0. The van der Waals surface area contributed by atoms with E-state index in [1.807, 2.05) is 20.8 Å². The molecule has 1 aliphatic heterocycles. The topological polar surface area (TPSA) is 75.7 Å². The first-order valence-corrected chi connectivity index (χ1v) is 10.1. The molecule has 1 heterocycles. The second kappa shape index (κ2) is 7.08. The van der Waals surface area contributed by atoms with E-state index in [0.717, 1.165) is 5.57 Å². The van der Waals surface area contributed by atoms with Crippen LogP contribution in [0.25, 0.3) is 5.57 Å². The number of rotatable bonds is 5. The number of para-hydroxylation sites is 2. The molecular formula is C20H22N2O4S. The number of hydrogen-bond donors (Lipinski definition) is 1. The Kier molecular flexibility index (Phi) is 4.97. The summed E-state index contributed by atoms with van der Waals surface area (Å²) in [5.74, 6) is 0.332. The van der Waals surface area contributed by atoms with Crippen molar-refractivity contribution in [3.05, 3.63) is 53.6 Å². The molecule has 1 N–H and O–H groups in total. The maximum absolute atomic E-state index is 12.9. The molecule has 2 aromatic rings.